The lowest BCUT2D eigenvalue weighted by atomic mass is 10.3. The molecule has 0 saturated carbocycles. The first kappa shape index (κ1) is 7.62. The van der Waals surface area contributed by atoms with Crippen LogP contribution in [0.4, 0.5) is 0 Å². The molecular weight excluding hydrogens is 166 g/mol. The van der Waals surface area contributed by atoms with Gasteiger partial charge in [-0.1, -0.05) is 0 Å². The van der Waals surface area contributed by atoms with Crippen molar-refractivity contribution in [3.63, 3.8) is 0 Å². The molecule has 0 fully saturated rings. The van der Waals surface area contributed by atoms with Crippen molar-refractivity contribution in [3.05, 3.63) is 46.4 Å². The van der Waals surface area contributed by atoms with Crippen LogP contribution < -0.4 is 0 Å². The van der Waals surface area contributed by atoms with Gasteiger partial charge in [-0.3, -0.25) is 0 Å². The van der Waals surface area contributed by atoms with E-state index in [2.05, 4.69) is 47.5 Å². The predicted molar refractivity (Wildman–Crippen MR) is 52.6 cm³/mol. The first-order valence-corrected chi connectivity index (χ1v) is 4.87. The van der Waals surface area contributed by atoms with Gasteiger partial charge in [0.25, 0.3) is 0 Å². The summed E-state index contributed by atoms with van der Waals surface area (Å²) in [5, 5.41) is 2.19. The fraction of sp³-hybridized carbons (Fsp3) is 0.200. The molecule has 0 N–H and O–H groups in total. The van der Waals surface area contributed by atoms with Gasteiger partial charge in [0.2, 0.25) is 0 Å². The molecule has 0 bridgehead atoms. The summed E-state index contributed by atoms with van der Waals surface area (Å²) in [5.41, 5.74) is 1.36. The highest BCUT2D eigenvalue weighted by atomic mass is 32.1. The van der Waals surface area contributed by atoms with E-state index < -0.39 is 0 Å². The SMILES string of the molecule is Cc1csc(Cn2cccc2)c1. The summed E-state index contributed by atoms with van der Waals surface area (Å²) in [6.45, 7) is 3.14. The number of hydrogen-bond acceptors (Lipinski definition) is 1. The van der Waals surface area contributed by atoms with Gasteiger partial charge < -0.3 is 4.57 Å². The van der Waals surface area contributed by atoms with Crippen LogP contribution in [-0.4, -0.2) is 4.57 Å². The Morgan fingerprint density at radius 3 is 2.67 bits per heavy atom. The lowest BCUT2D eigenvalue weighted by Gasteiger charge is -1.97. The summed E-state index contributed by atoms with van der Waals surface area (Å²) in [4.78, 5) is 1.42. The molecular formula is C10H11NS. The molecule has 0 aliphatic heterocycles. The highest BCUT2D eigenvalue weighted by molar-refractivity contribution is 7.10. The van der Waals surface area contributed by atoms with Crippen LogP contribution in [-0.2, 0) is 6.54 Å². The highest BCUT2D eigenvalue weighted by Gasteiger charge is 1.95. The van der Waals surface area contributed by atoms with Gasteiger partial charge in [-0.2, -0.15) is 0 Å². The summed E-state index contributed by atoms with van der Waals surface area (Å²) in [5.74, 6) is 0. The largest absolute Gasteiger partial charge is 0.349 e. The van der Waals surface area contributed by atoms with Crippen LogP contribution in [0.25, 0.3) is 0 Å². The standard InChI is InChI=1S/C10H11NS/c1-9-6-10(12-8-9)7-11-4-2-3-5-11/h2-6,8H,7H2,1H3. The Morgan fingerprint density at radius 1 is 1.33 bits per heavy atom. The predicted octanol–water partition coefficient (Wildman–Crippen LogP) is 2.91. The van der Waals surface area contributed by atoms with Gasteiger partial charge in [0.05, 0.1) is 6.54 Å². The maximum Gasteiger partial charge on any atom is 0.0563 e. The molecule has 12 heavy (non-hydrogen) atoms. The molecule has 2 aromatic rings. The molecule has 0 spiro atoms. The van der Waals surface area contributed by atoms with E-state index in [9.17, 15) is 0 Å². The lowest BCUT2D eigenvalue weighted by molar-refractivity contribution is 0.819. The topological polar surface area (TPSA) is 4.93 Å². The monoisotopic (exact) mass is 177 g/mol. The highest BCUT2D eigenvalue weighted by Crippen LogP contribution is 2.14. The van der Waals surface area contributed by atoms with Crippen LogP contribution in [0.2, 0.25) is 0 Å². The van der Waals surface area contributed by atoms with Gasteiger partial charge in [-0.05, 0) is 36.1 Å². The van der Waals surface area contributed by atoms with Crippen molar-refractivity contribution < 1.29 is 0 Å². The van der Waals surface area contributed by atoms with Gasteiger partial charge in [-0.25, -0.2) is 0 Å². The summed E-state index contributed by atoms with van der Waals surface area (Å²) in [6.07, 6.45) is 4.18. The average Bonchev–Trinajstić information content (AvgIpc) is 2.63. The zero-order valence-corrected chi connectivity index (χ0v) is 7.84. The number of nitrogens with zero attached hydrogens (tertiary/aromatic N) is 1. The normalized spacial score (nSPS) is 10.4. The fourth-order valence-electron chi connectivity index (χ4n) is 1.23. The second-order valence-corrected chi connectivity index (χ2v) is 3.94. The van der Waals surface area contributed by atoms with Crippen LogP contribution in [0.3, 0.4) is 0 Å². The van der Waals surface area contributed by atoms with Gasteiger partial charge in [0, 0.05) is 17.3 Å². The summed E-state index contributed by atoms with van der Waals surface area (Å²) in [6, 6.07) is 6.35. The first-order valence-electron chi connectivity index (χ1n) is 3.99. The molecule has 0 saturated heterocycles. The number of hydrogen-bond donors (Lipinski definition) is 0. The Labute approximate surface area is 76.3 Å². The number of thiophene rings is 1. The molecule has 2 aromatic heterocycles. The zero-order valence-electron chi connectivity index (χ0n) is 7.03. The molecule has 2 heteroatoms. The molecule has 0 unspecified atom stereocenters. The minimum absolute atomic E-state index is 1.01. The van der Waals surface area contributed by atoms with Crippen LogP contribution in [0.1, 0.15) is 10.4 Å². The van der Waals surface area contributed by atoms with Gasteiger partial charge in [0.1, 0.15) is 0 Å². The average molecular weight is 177 g/mol. The van der Waals surface area contributed by atoms with Gasteiger partial charge >= 0.3 is 0 Å². The number of aromatic nitrogens is 1. The maximum atomic E-state index is 2.24. The zero-order chi connectivity index (χ0) is 8.39. The van der Waals surface area contributed by atoms with Crippen molar-refractivity contribution in [2.45, 2.75) is 13.5 Å². The minimum Gasteiger partial charge on any atom is -0.349 e. The molecule has 0 aliphatic rings. The molecule has 2 heterocycles. The van der Waals surface area contributed by atoms with Gasteiger partial charge in [0.15, 0.2) is 0 Å². The maximum absolute atomic E-state index is 2.24. The first-order chi connectivity index (χ1) is 5.84. The van der Waals surface area contributed by atoms with E-state index in [0.717, 1.165) is 6.54 Å². The van der Waals surface area contributed by atoms with Crippen LogP contribution in [0.15, 0.2) is 36.0 Å². The van der Waals surface area contributed by atoms with E-state index in [1.165, 1.54) is 10.4 Å². The van der Waals surface area contributed by atoms with Crippen LogP contribution in [0, 0.1) is 6.92 Å². The van der Waals surface area contributed by atoms with E-state index in [4.69, 9.17) is 0 Å². The van der Waals surface area contributed by atoms with Crippen molar-refractivity contribution >= 4 is 11.3 Å². The van der Waals surface area contributed by atoms with Crippen molar-refractivity contribution in [1.82, 2.24) is 4.57 Å². The molecule has 0 amide bonds. The molecule has 1 nitrogen and oxygen atoms in total. The minimum atomic E-state index is 1.01. The molecule has 0 radical (unpaired) electrons. The van der Waals surface area contributed by atoms with Crippen LogP contribution >= 0.6 is 11.3 Å². The molecule has 2 rings (SSSR count). The third kappa shape index (κ3) is 1.59. The Balaban J connectivity index is 2.14. The third-order valence-electron chi connectivity index (χ3n) is 1.79. The second-order valence-electron chi connectivity index (χ2n) is 2.95. The number of rotatable bonds is 2. The fourth-order valence-corrected chi connectivity index (χ4v) is 2.11. The van der Waals surface area contributed by atoms with E-state index >= 15 is 0 Å². The van der Waals surface area contributed by atoms with Crippen molar-refractivity contribution in [2.75, 3.05) is 0 Å². The lowest BCUT2D eigenvalue weighted by Crippen LogP contribution is -1.92. The van der Waals surface area contributed by atoms with Crippen molar-refractivity contribution in [2.24, 2.45) is 0 Å². The Kier molecular flexibility index (Phi) is 2.00. The molecule has 0 aromatic carbocycles. The van der Waals surface area contributed by atoms with E-state index in [1.54, 1.807) is 0 Å². The number of aryl methyl sites for hydroxylation is 1. The van der Waals surface area contributed by atoms with E-state index in [-0.39, 0.29) is 0 Å². The third-order valence-corrected chi connectivity index (χ3v) is 2.83. The van der Waals surface area contributed by atoms with E-state index in [1.807, 2.05) is 11.3 Å². The smallest absolute Gasteiger partial charge is 0.0563 e. The summed E-state index contributed by atoms with van der Waals surface area (Å²) >= 11 is 1.83. The Bertz CT molecular complexity index is 346. The van der Waals surface area contributed by atoms with Crippen molar-refractivity contribution in [3.8, 4) is 0 Å². The summed E-state index contributed by atoms with van der Waals surface area (Å²) < 4.78 is 2.19. The molecule has 0 aliphatic carbocycles. The quantitative estimate of drug-likeness (QED) is 0.664. The van der Waals surface area contributed by atoms with Gasteiger partial charge in [-0.15, -0.1) is 11.3 Å². The van der Waals surface area contributed by atoms with E-state index in [0.29, 0.717) is 0 Å². The van der Waals surface area contributed by atoms with Crippen LogP contribution in [0.5, 0.6) is 0 Å². The van der Waals surface area contributed by atoms with Crippen molar-refractivity contribution in [1.29, 1.82) is 0 Å². The Morgan fingerprint density at radius 2 is 2.08 bits per heavy atom. The second kappa shape index (κ2) is 3.15. The molecule has 0 atom stereocenters. The molecule has 62 valence electrons. The Hall–Kier alpha value is -1.02. The summed E-state index contributed by atoms with van der Waals surface area (Å²) in [7, 11) is 0.